The number of carbonyl (C=O) groups excluding carboxylic acids is 2. The molecule has 0 aliphatic carbocycles. The van der Waals surface area contributed by atoms with Gasteiger partial charge in [-0.15, -0.1) is 11.3 Å². The number of hydrogen-bond acceptors (Lipinski definition) is 4. The molecule has 0 aromatic carbocycles. The van der Waals surface area contributed by atoms with Crippen molar-refractivity contribution in [1.29, 1.82) is 0 Å². The molecule has 18 heavy (non-hydrogen) atoms. The molecule has 4 nitrogen and oxygen atoms in total. The van der Waals surface area contributed by atoms with Gasteiger partial charge in [0.25, 0.3) is 5.91 Å². The van der Waals surface area contributed by atoms with Crippen LogP contribution in [0.1, 0.15) is 27.7 Å². The number of ether oxygens (including phenoxy) is 1. The standard InChI is InChI=1S/C11H13Cl2NO3S/c1-4-17-11(16)7-5(2)6(3)18-10(7)14-9(15)8(12)13/h8H,4H2,1-3H3,(H,14,15). The maximum absolute atomic E-state index is 11.8. The highest BCUT2D eigenvalue weighted by molar-refractivity contribution is 7.16. The van der Waals surface area contributed by atoms with Gasteiger partial charge in [0.2, 0.25) is 0 Å². The van der Waals surface area contributed by atoms with Crippen molar-refractivity contribution in [1.82, 2.24) is 0 Å². The van der Waals surface area contributed by atoms with E-state index in [2.05, 4.69) is 5.32 Å². The Hall–Kier alpha value is -0.780. The molecule has 1 N–H and O–H groups in total. The molecule has 1 amide bonds. The van der Waals surface area contributed by atoms with Crippen LogP contribution in [0.25, 0.3) is 0 Å². The Morgan fingerprint density at radius 3 is 2.50 bits per heavy atom. The summed E-state index contributed by atoms with van der Waals surface area (Å²) in [5.41, 5.74) is 1.15. The molecule has 0 aliphatic rings. The number of carbonyl (C=O) groups is 2. The molecular weight excluding hydrogens is 297 g/mol. The zero-order valence-corrected chi connectivity index (χ0v) is 12.5. The molecule has 1 aromatic rings. The first kappa shape index (κ1) is 15.3. The number of esters is 1. The number of nitrogens with one attached hydrogen (secondary N) is 1. The van der Waals surface area contributed by atoms with Crippen LogP contribution in [0.2, 0.25) is 0 Å². The van der Waals surface area contributed by atoms with Gasteiger partial charge in [0, 0.05) is 4.88 Å². The Bertz CT molecular complexity index is 471. The first-order valence-electron chi connectivity index (χ1n) is 5.24. The van der Waals surface area contributed by atoms with Crippen molar-refractivity contribution in [3.63, 3.8) is 0 Å². The lowest BCUT2D eigenvalue weighted by Gasteiger charge is -2.07. The predicted octanol–water partition coefficient (Wildman–Crippen LogP) is 3.28. The lowest BCUT2D eigenvalue weighted by molar-refractivity contribution is -0.114. The fraction of sp³-hybridized carbons (Fsp3) is 0.455. The Labute approximate surface area is 119 Å². The second-order valence-electron chi connectivity index (χ2n) is 3.50. The van der Waals surface area contributed by atoms with Gasteiger partial charge < -0.3 is 10.1 Å². The van der Waals surface area contributed by atoms with Gasteiger partial charge in [0.05, 0.1) is 12.2 Å². The average molecular weight is 310 g/mol. The second-order valence-corrected chi connectivity index (χ2v) is 5.82. The Kier molecular flexibility index (Phi) is 5.44. The monoisotopic (exact) mass is 309 g/mol. The lowest BCUT2D eigenvalue weighted by Crippen LogP contribution is -2.19. The van der Waals surface area contributed by atoms with Crippen molar-refractivity contribution in [2.45, 2.75) is 25.6 Å². The normalized spacial score (nSPS) is 10.6. The van der Waals surface area contributed by atoms with Gasteiger partial charge in [-0.3, -0.25) is 4.79 Å². The molecule has 0 unspecified atom stereocenters. The smallest absolute Gasteiger partial charge is 0.341 e. The van der Waals surface area contributed by atoms with E-state index in [-0.39, 0.29) is 6.61 Å². The van der Waals surface area contributed by atoms with E-state index in [9.17, 15) is 9.59 Å². The third-order valence-corrected chi connectivity index (χ3v) is 3.82. The molecule has 0 aliphatic heterocycles. The molecule has 0 fully saturated rings. The predicted molar refractivity (Wildman–Crippen MR) is 73.9 cm³/mol. The van der Waals surface area contributed by atoms with Crippen LogP contribution < -0.4 is 5.32 Å². The molecule has 1 rings (SSSR count). The maximum Gasteiger partial charge on any atom is 0.341 e. The number of alkyl halides is 2. The summed E-state index contributed by atoms with van der Waals surface area (Å²) in [5.74, 6) is -1.03. The number of anilines is 1. The number of halogens is 2. The summed E-state index contributed by atoms with van der Waals surface area (Å²) in [6, 6.07) is 0. The topological polar surface area (TPSA) is 55.4 Å². The van der Waals surface area contributed by atoms with Crippen molar-refractivity contribution in [2.24, 2.45) is 0 Å². The molecular formula is C11H13Cl2NO3S. The molecule has 7 heteroatoms. The van der Waals surface area contributed by atoms with Crippen LogP contribution in [0.5, 0.6) is 0 Å². The van der Waals surface area contributed by atoms with Gasteiger partial charge in [-0.2, -0.15) is 0 Å². The van der Waals surface area contributed by atoms with Gasteiger partial charge in [-0.25, -0.2) is 4.79 Å². The zero-order valence-electron chi connectivity index (χ0n) is 10.2. The SMILES string of the molecule is CCOC(=O)c1c(NC(=O)C(Cl)Cl)sc(C)c1C. The summed E-state index contributed by atoms with van der Waals surface area (Å²) in [6.07, 6.45) is 0. The minimum atomic E-state index is -1.18. The molecule has 1 heterocycles. The number of thiophene rings is 1. The summed E-state index contributed by atoms with van der Waals surface area (Å²) in [6.45, 7) is 5.65. The molecule has 0 bridgehead atoms. The van der Waals surface area contributed by atoms with Gasteiger partial charge >= 0.3 is 5.97 Å². The van der Waals surface area contributed by atoms with Crippen molar-refractivity contribution in [3.05, 3.63) is 16.0 Å². The highest BCUT2D eigenvalue weighted by Crippen LogP contribution is 2.33. The number of rotatable bonds is 4. The molecule has 0 spiro atoms. The summed E-state index contributed by atoms with van der Waals surface area (Å²) in [4.78, 5) is 23.0. The summed E-state index contributed by atoms with van der Waals surface area (Å²) < 4.78 is 4.96. The van der Waals surface area contributed by atoms with E-state index in [1.165, 1.54) is 11.3 Å². The van der Waals surface area contributed by atoms with E-state index in [0.717, 1.165) is 10.4 Å². The first-order valence-corrected chi connectivity index (χ1v) is 6.93. The Balaban J connectivity index is 3.08. The van der Waals surface area contributed by atoms with E-state index >= 15 is 0 Å². The van der Waals surface area contributed by atoms with E-state index in [4.69, 9.17) is 27.9 Å². The highest BCUT2D eigenvalue weighted by Gasteiger charge is 2.23. The summed E-state index contributed by atoms with van der Waals surface area (Å²) >= 11 is 12.2. The second kappa shape index (κ2) is 6.41. The van der Waals surface area contributed by atoms with E-state index in [1.54, 1.807) is 13.8 Å². The zero-order chi connectivity index (χ0) is 13.9. The minimum absolute atomic E-state index is 0.272. The summed E-state index contributed by atoms with van der Waals surface area (Å²) in [5, 5.41) is 2.94. The van der Waals surface area contributed by atoms with E-state index < -0.39 is 16.7 Å². The van der Waals surface area contributed by atoms with Crippen LogP contribution in [-0.2, 0) is 9.53 Å². The van der Waals surface area contributed by atoms with Crippen LogP contribution in [0.15, 0.2) is 0 Å². The van der Waals surface area contributed by atoms with E-state index in [1.807, 2.05) is 6.92 Å². The van der Waals surface area contributed by atoms with Gasteiger partial charge in [0.1, 0.15) is 5.00 Å². The van der Waals surface area contributed by atoms with Crippen molar-refractivity contribution < 1.29 is 14.3 Å². The Morgan fingerprint density at radius 1 is 1.39 bits per heavy atom. The maximum atomic E-state index is 11.8. The summed E-state index contributed by atoms with van der Waals surface area (Å²) in [7, 11) is 0. The minimum Gasteiger partial charge on any atom is -0.462 e. The molecule has 0 saturated carbocycles. The quantitative estimate of drug-likeness (QED) is 0.686. The van der Waals surface area contributed by atoms with Crippen LogP contribution in [0.4, 0.5) is 5.00 Å². The van der Waals surface area contributed by atoms with Crippen molar-refractivity contribution in [2.75, 3.05) is 11.9 Å². The van der Waals surface area contributed by atoms with Crippen molar-refractivity contribution >= 4 is 51.4 Å². The largest absolute Gasteiger partial charge is 0.462 e. The number of amides is 1. The molecule has 0 atom stereocenters. The average Bonchev–Trinajstić information content (AvgIpc) is 2.54. The van der Waals surface area contributed by atoms with E-state index in [0.29, 0.717) is 10.6 Å². The van der Waals surface area contributed by atoms with Crippen molar-refractivity contribution in [3.8, 4) is 0 Å². The van der Waals surface area contributed by atoms with Crippen LogP contribution in [0.3, 0.4) is 0 Å². The highest BCUT2D eigenvalue weighted by atomic mass is 35.5. The van der Waals surface area contributed by atoms with Crippen LogP contribution in [0, 0.1) is 13.8 Å². The number of aryl methyl sites for hydroxylation is 1. The van der Waals surface area contributed by atoms with Gasteiger partial charge in [0.15, 0.2) is 4.84 Å². The fourth-order valence-electron chi connectivity index (χ4n) is 1.33. The third kappa shape index (κ3) is 3.37. The molecule has 100 valence electrons. The van der Waals surface area contributed by atoms with Crippen LogP contribution in [-0.4, -0.2) is 23.3 Å². The lowest BCUT2D eigenvalue weighted by atomic mass is 10.1. The van der Waals surface area contributed by atoms with Gasteiger partial charge in [-0.1, -0.05) is 23.2 Å². The Morgan fingerprint density at radius 2 is 2.00 bits per heavy atom. The molecule has 1 aromatic heterocycles. The van der Waals surface area contributed by atoms with Gasteiger partial charge in [-0.05, 0) is 26.3 Å². The molecule has 0 radical (unpaired) electrons. The van der Waals surface area contributed by atoms with Crippen LogP contribution >= 0.6 is 34.5 Å². The fourth-order valence-corrected chi connectivity index (χ4v) is 2.49. The first-order chi connectivity index (χ1) is 8.38. The number of hydrogen-bond donors (Lipinski definition) is 1. The third-order valence-electron chi connectivity index (χ3n) is 2.30. The molecule has 0 saturated heterocycles.